The number of ether oxygens (including phenoxy) is 1. The molecule has 0 aromatic heterocycles. The highest BCUT2D eigenvalue weighted by Gasteiger charge is 2.35. The molecule has 1 aromatic carbocycles. The molecule has 0 atom stereocenters. The third kappa shape index (κ3) is 3.04. The van der Waals surface area contributed by atoms with Gasteiger partial charge in [-0.05, 0) is 18.2 Å². The summed E-state index contributed by atoms with van der Waals surface area (Å²) in [7, 11) is 0. The molecule has 1 aromatic rings. The first-order valence-corrected chi connectivity index (χ1v) is 5.68. The summed E-state index contributed by atoms with van der Waals surface area (Å²) in [6, 6.07) is 2.35. The Balaban J connectivity index is 2.35. The van der Waals surface area contributed by atoms with E-state index in [0.29, 0.717) is 32.4 Å². The lowest BCUT2D eigenvalue weighted by Crippen LogP contribution is -2.41. The molecule has 7 heteroatoms. The summed E-state index contributed by atoms with van der Waals surface area (Å²) < 4.78 is 56.6. The standard InChI is InChI=1S/C12H12F4N2O/c13-8-1-2-9(10(7-8)12(14,15)16)11(17)18-3-5-19-6-4-18/h1-2,7,17H,3-6H2. The lowest BCUT2D eigenvalue weighted by molar-refractivity contribution is -0.138. The van der Waals surface area contributed by atoms with Crippen LogP contribution in [0.5, 0.6) is 0 Å². The molecule has 1 fully saturated rings. The number of nitrogens with one attached hydrogen (secondary N) is 1. The van der Waals surface area contributed by atoms with E-state index in [2.05, 4.69) is 0 Å². The number of hydrogen-bond donors (Lipinski definition) is 1. The van der Waals surface area contributed by atoms with Gasteiger partial charge < -0.3 is 9.64 Å². The van der Waals surface area contributed by atoms with Crippen molar-refractivity contribution in [1.29, 1.82) is 5.41 Å². The maximum absolute atomic E-state index is 13.0. The van der Waals surface area contributed by atoms with Crippen molar-refractivity contribution in [2.24, 2.45) is 0 Å². The van der Waals surface area contributed by atoms with Crippen molar-refractivity contribution in [3.8, 4) is 0 Å². The Morgan fingerprint density at radius 3 is 2.42 bits per heavy atom. The molecule has 1 aliphatic heterocycles. The van der Waals surface area contributed by atoms with Gasteiger partial charge in [0, 0.05) is 18.7 Å². The number of alkyl halides is 3. The summed E-state index contributed by atoms with van der Waals surface area (Å²) in [5, 5.41) is 7.86. The van der Waals surface area contributed by atoms with Crippen LogP contribution in [0.15, 0.2) is 18.2 Å². The normalized spacial score (nSPS) is 16.5. The summed E-state index contributed by atoms with van der Waals surface area (Å²) in [6.07, 6.45) is -4.68. The van der Waals surface area contributed by atoms with E-state index < -0.39 is 17.6 Å². The van der Waals surface area contributed by atoms with Gasteiger partial charge in [0.25, 0.3) is 0 Å². The number of rotatable bonds is 1. The highest BCUT2D eigenvalue weighted by atomic mass is 19.4. The molecule has 1 aliphatic rings. The highest BCUT2D eigenvalue weighted by molar-refractivity contribution is 5.98. The quantitative estimate of drug-likeness (QED) is 0.486. The molecule has 0 saturated carbocycles. The molecular weight excluding hydrogens is 264 g/mol. The molecule has 1 heterocycles. The Labute approximate surface area is 107 Å². The van der Waals surface area contributed by atoms with E-state index in [4.69, 9.17) is 10.1 Å². The van der Waals surface area contributed by atoms with E-state index >= 15 is 0 Å². The zero-order valence-corrected chi connectivity index (χ0v) is 9.93. The minimum atomic E-state index is -4.68. The molecule has 3 nitrogen and oxygen atoms in total. The minimum Gasteiger partial charge on any atom is -0.378 e. The van der Waals surface area contributed by atoms with Gasteiger partial charge in [-0.15, -0.1) is 0 Å². The summed E-state index contributed by atoms with van der Waals surface area (Å²) in [5.74, 6) is -1.22. The largest absolute Gasteiger partial charge is 0.417 e. The first kappa shape index (κ1) is 13.8. The van der Waals surface area contributed by atoms with Crippen molar-refractivity contribution in [2.45, 2.75) is 6.18 Å². The zero-order chi connectivity index (χ0) is 14.0. The fourth-order valence-corrected chi connectivity index (χ4v) is 1.91. The van der Waals surface area contributed by atoms with E-state index in [1.165, 1.54) is 4.90 Å². The van der Waals surface area contributed by atoms with E-state index in [0.717, 1.165) is 12.1 Å². The maximum atomic E-state index is 13.0. The van der Waals surface area contributed by atoms with Gasteiger partial charge in [0.2, 0.25) is 0 Å². The lowest BCUT2D eigenvalue weighted by Gasteiger charge is -2.30. The van der Waals surface area contributed by atoms with Crippen LogP contribution < -0.4 is 0 Å². The second-order valence-corrected chi connectivity index (χ2v) is 4.14. The van der Waals surface area contributed by atoms with E-state index in [-0.39, 0.29) is 11.4 Å². The van der Waals surface area contributed by atoms with E-state index in [1.807, 2.05) is 0 Å². The average molecular weight is 276 g/mol. The first-order valence-electron chi connectivity index (χ1n) is 5.68. The van der Waals surface area contributed by atoms with Crippen LogP contribution in [0.3, 0.4) is 0 Å². The Hall–Kier alpha value is -1.63. The minimum absolute atomic E-state index is 0.254. The molecule has 2 rings (SSSR count). The first-order chi connectivity index (χ1) is 8.89. The molecule has 0 radical (unpaired) electrons. The number of halogens is 4. The second-order valence-electron chi connectivity index (χ2n) is 4.14. The van der Waals surface area contributed by atoms with Gasteiger partial charge >= 0.3 is 6.18 Å². The van der Waals surface area contributed by atoms with Gasteiger partial charge in [0.05, 0.1) is 18.8 Å². The van der Waals surface area contributed by atoms with Crippen molar-refractivity contribution < 1.29 is 22.3 Å². The van der Waals surface area contributed by atoms with Gasteiger partial charge in [0.1, 0.15) is 11.7 Å². The van der Waals surface area contributed by atoms with Crippen LogP contribution in [0.4, 0.5) is 17.6 Å². The van der Waals surface area contributed by atoms with Gasteiger partial charge in [-0.25, -0.2) is 4.39 Å². The predicted octanol–water partition coefficient (Wildman–Crippen LogP) is 2.50. The molecule has 19 heavy (non-hydrogen) atoms. The molecule has 1 N–H and O–H groups in total. The highest BCUT2D eigenvalue weighted by Crippen LogP contribution is 2.33. The topological polar surface area (TPSA) is 36.3 Å². The fraction of sp³-hybridized carbons (Fsp3) is 0.417. The number of amidine groups is 1. The summed E-state index contributed by atoms with van der Waals surface area (Å²) in [5.41, 5.74) is -1.43. The number of morpholine rings is 1. The van der Waals surface area contributed by atoms with Crippen LogP contribution >= 0.6 is 0 Å². The number of hydrogen-bond acceptors (Lipinski definition) is 2. The summed E-state index contributed by atoms with van der Waals surface area (Å²) in [4.78, 5) is 1.49. The molecular formula is C12H12F4N2O. The van der Waals surface area contributed by atoms with Crippen molar-refractivity contribution in [3.05, 3.63) is 35.1 Å². The van der Waals surface area contributed by atoms with Crippen LogP contribution in [-0.2, 0) is 10.9 Å². The summed E-state index contributed by atoms with van der Waals surface area (Å²) >= 11 is 0. The molecule has 1 saturated heterocycles. The van der Waals surface area contributed by atoms with Crippen molar-refractivity contribution in [3.63, 3.8) is 0 Å². The van der Waals surface area contributed by atoms with Crippen LogP contribution in [0.25, 0.3) is 0 Å². The Morgan fingerprint density at radius 1 is 1.21 bits per heavy atom. The van der Waals surface area contributed by atoms with Crippen LogP contribution in [-0.4, -0.2) is 37.0 Å². The van der Waals surface area contributed by atoms with Crippen molar-refractivity contribution in [2.75, 3.05) is 26.3 Å². The molecule has 0 spiro atoms. The van der Waals surface area contributed by atoms with Gasteiger partial charge in [-0.1, -0.05) is 0 Å². The molecule has 0 unspecified atom stereocenters. The molecule has 104 valence electrons. The smallest absolute Gasteiger partial charge is 0.378 e. The van der Waals surface area contributed by atoms with Crippen molar-refractivity contribution in [1.82, 2.24) is 4.90 Å². The Morgan fingerprint density at radius 2 is 1.84 bits per heavy atom. The number of nitrogens with zero attached hydrogens (tertiary/aromatic N) is 1. The zero-order valence-electron chi connectivity index (χ0n) is 9.93. The molecule has 0 aliphatic carbocycles. The Bertz CT molecular complexity index is 481. The average Bonchev–Trinajstić information content (AvgIpc) is 2.38. The second kappa shape index (κ2) is 5.16. The van der Waals surface area contributed by atoms with Crippen molar-refractivity contribution >= 4 is 5.84 Å². The number of benzene rings is 1. The molecule has 0 bridgehead atoms. The SMILES string of the molecule is N=C(c1ccc(F)cc1C(F)(F)F)N1CCOCC1. The lowest BCUT2D eigenvalue weighted by atomic mass is 10.0. The van der Waals surface area contributed by atoms with Crippen LogP contribution in [0.1, 0.15) is 11.1 Å². The molecule has 0 amide bonds. The Kier molecular flexibility index (Phi) is 3.75. The summed E-state index contributed by atoms with van der Waals surface area (Å²) in [6.45, 7) is 1.44. The third-order valence-corrected chi connectivity index (χ3v) is 2.87. The van der Waals surface area contributed by atoms with Gasteiger partial charge in [-0.3, -0.25) is 5.41 Å². The van der Waals surface area contributed by atoms with Gasteiger partial charge in [0.15, 0.2) is 0 Å². The van der Waals surface area contributed by atoms with Gasteiger partial charge in [-0.2, -0.15) is 13.2 Å². The monoisotopic (exact) mass is 276 g/mol. The van der Waals surface area contributed by atoms with Crippen LogP contribution in [0.2, 0.25) is 0 Å². The maximum Gasteiger partial charge on any atom is 0.417 e. The third-order valence-electron chi connectivity index (χ3n) is 2.87. The van der Waals surface area contributed by atoms with Crippen LogP contribution in [0, 0.1) is 11.2 Å². The van der Waals surface area contributed by atoms with E-state index in [1.54, 1.807) is 0 Å². The van der Waals surface area contributed by atoms with E-state index in [9.17, 15) is 17.6 Å². The predicted molar refractivity (Wildman–Crippen MR) is 60.6 cm³/mol. The fourth-order valence-electron chi connectivity index (χ4n) is 1.91.